The summed E-state index contributed by atoms with van der Waals surface area (Å²) in [5.41, 5.74) is 0. The average Bonchev–Trinajstić information content (AvgIpc) is 2.45. The maximum Gasteiger partial charge on any atom is 0.426 e. The first-order valence-electron chi connectivity index (χ1n) is 3.62. The van der Waals surface area contributed by atoms with E-state index in [1.165, 1.54) is 11.4 Å². The van der Waals surface area contributed by atoms with E-state index in [4.69, 9.17) is 0 Å². The normalized spacial score (nSPS) is 12.2. The highest BCUT2D eigenvalue weighted by Crippen LogP contribution is 2.39. The van der Waals surface area contributed by atoms with Gasteiger partial charge in [-0.1, -0.05) is 24.3 Å². The first-order valence-corrected chi connectivity index (χ1v) is 4.50. The van der Waals surface area contributed by atoms with Gasteiger partial charge in [-0.25, -0.2) is 0 Å². The van der Waals surface area contributed by atoms with Gasteiger partial charge in [0.2, 0.25) is 0 Å². The number of hydrogen-bond donors (Lipinski definition) is 0. The molecule has 0 bridgehead atoms. The van der Waals surface area contributed by atoms with Crippen molar-refractivity contribution in [2.75, 3.05) is 0 Å². The van der Waals surface area contributed by atoms with E-state index in [1.54, 1.807) is 18.2 Å². The first-order chi connectivity index (χ1) is 6.09. The minimum Gasteiger partial charge on any atom is -0.165 e. The molecule has 0 spiro atoms. The Morgan fingerprint density at radius 1 is 1.08 bits per heavy atom. The number of rotatable bonds is 0. The summed E-state index contributed by atoms with van der Waals surface area (Å²) in [4.78, 5) is -0.511. The highest BCUT2D eigenvalue weighted by Gasteiger charge is 2.33. The molecule has 0 saturated carbocycles. The summed E-state index contributed by atoms with van der Waals surface area (Å²) in [6.45, 7) is 0. The fourth-order valence-electron chi connectivity index (χ4n) is 1.21. The van der Waals surface area contributed by atoms with Crippen LogP contribution < -0.4 is 0 Å². The quantitative estimate of drug-likeness (QED) is 0.607. The van der Waals surface area contributed by atoms with Gasteiger partial charge >= 0.3 is 6.18 Å². The molecular weight excluding hydrogens is 197 g/mol. The van der Waals surface area contributed by atoms with E-state index in [9.17, 15) is 13.2 Å². The van der Waals surface area contributed by atoms with Crippen molar-refractivity contribution >= 4 is 22.1 Å². The maximum absolute atomic E-state index is 12.4. The minimum atomic E-state index is -4.23. The van der Waals surface area contributed by atoms with Crippen molar-refractivity contribution in [2.24, 2.45) is 0 Å². The lowest BCUT2D eigenvalue weighted by molar-refractivity contribution is -0.133. The summed E-state index contributed by atoms with van der Waals surface area (Å²) in [6, 6.07) is 6.52. The third kappa shape index (κ3) is 1.42. The van der Waals surface area contributed by atoms with Gasteiger partial charge in [-0.2, -0.15) is 13.2 Å². The van der Waals surface area contributed by atoms with Crippen molar-refractivity contribution in [1.29, 1.82) is 0 Å². The predicted octanol–water partition coefficient (Wildman–Crippen LogP) is 3.92. The first kappa shape index (κ1) is 8.56. The van der Waals surface area contributed by atoms with Crippen LogP contribution in [-0.4, -0.2) is 0 Å². The Kier molecular flexibility index (Phi) is 1.80. The second-order valence-electron chi connectivity index (χ2n) is 2.65. The van der Waals surface area contributed by atoms with Crippen molar-refractivity contribution in [1.82, 2.24) is 0 Å². The van der Waals surface area contributed by atoms with Crippen LogP contribution in [0.25, 0.3) is 10.8 Å². The van der Waals surface area contributed by atoms with Gasteiger partial charge in [-0.05, 0) is 10.8 Å². The van der Waals surface area contributed by atoms with Gasteiger partial charge in [-0.3, -0.25) is 0 Å². The molecule has 0 radical (unpaired) electrons. The lowest BCUT2D eigenvalue weighted by Gasteiger charge is -2.02. The number of alkyl halides is 3. The molecule has 1 aromatic carbocycles. The zero-order valence-electron chi connectivity index (χ0n) is 6.43. The van der Waals surface area contributed by atoms with Crippen LogP contribution >= 0.6 is 11.3 Å². The van der Waals surface area contributed by atoms with Gasteiger partial charge in [0.05, 0.1) is 0 Å². The van der Waals surface area contributed by atoms with E-state index in [0.717, 1.165) is 11.3 Å². The fourth-order valence-corrected chi connectivity index (χ4v) is 2.11. The standard InChI is InChI=1S/C9H5F3S/c10-9(11,12)8-7-4-2-1-3-6(7)5-13-8/h1-5H. The molecular formula is C9H5F3S. The summed E-state index contributed by atoms with van der Waals surface area (Å²) in [5, 5.41) is 2.47. The van der Waals surface area contributed by atoms with Gasteiger partial charge in [0.15, 0.2) is 0 Å². The van der Waals surface area contributed by atoms with Crippen LogP contribution in [0.4, 0.5) is 13.2 Å². The van der Waals surface area contributed by atoms with Crippen molar-refractivity contribution < 1.29 is 13.2 Å². The zero-order chi connectivity index (χ0) is 9.47. The van der Waals surface area contributed by atoms with Crippen LogP contribution in [0.3, 0.4) is 0 Å². The number of benzene rings is 1. The summed E-state index contributed by atoms with van der Waals surface area (Å²) < 4.78 is 37.1. The molecule has 68 valence electrons. The highest BCUT2D eigenvalue weighted by molar-refractivity contribution is 7.11. The Hall–Kier alpha value is -1.03. The van der Waals surface area contributed by atoms with Crippen LogP contribution in [0, 0.1) is 0 Å². The molecule has 1 aromatic heterocycles. The maximum atomic E-state index is 12.4. The fraction of sp³-hybridized carbons (Fsp3) is 0.111. The van der Waals surface area contributed by atoms with Gasteiger partial charge in [-0.15, -0.1) is 11.3 Å². The van der Waals surface area contributed by atoms with E-state index in [-0.39, 0.29) is 0 Å². The monoisotopic (exact) mass is 202 g/mol. The molecule has 0 unspecified atom stereocenters. The smallest absolute Gasteiger partial charge is 0.165 e. The molecule has 0 aliphatic rings. The molecule has 2 aromatic rings. The Labute approximate surface area is 76.6 Å². The van der Waals surface area contributed by atoms with E-state index in [2.05, 4.69) is 0 Å². The van der Waals surface area contributed by atoms with Crippen LogP contribution in [-0.2, 0) is 6.18 Å². The van der Waals surface area contributed by atoms with Crippen LogP contribution in [0.1, 0.15) is 4.88 Å². The topological polar surface area (TPSA) is 0 Å². The second-order valence-corrected chi connectivity index (χ2v) is 3.53. The number of thiophene rings is 1. The average molecular weight is 202 g/mol. The number of hydrogen-bond acceptors (Lipinski definition) is 1. The molecule has 0 fully saturated rings. The summed E-state index contributed by atoms with van der Waals surface area (Å²) in [7, 11) is 0. The summed E-state index contributed by atoms with van der Waals surface area (Å²) in [5.74, 6) is 0. The SMILES string of the molecule is FC(F)(F)c1scc2ccccc12. The molecule has 0 atom stereocenters. The lowest BCUT2D eigenvalue weighted by atomic mass is 10.2. The Bertz CT molecular complexity index is 428. The van der Waals surface area contributed by atoms with Crippen molar-refractivity contribution in [3.63, 3.8) is 0 Å². The third-order valence-electron chi connectivity index (χ3n) is 1.77. The van der Waals surface area contributed by atoms with Crippen LogP contribution in [0.15, 0.2) is 29.6 Å². The lowest BCUT2D eigenvalue weighted by Crippen LogP contribution is -2.01. The van der Waals surface area contributed by atoms with Crippen molar-refractivity contribution in [3.8, 4) is 0 Å². The largest absolute Gasteiger partial charge is 0.426 e. The van der Waals surface area contributed by atoms with E-state index >= 15 is 0 Å². The number of halogens is 3. The molecule has 1 heterocycles. The minimum absolute atomic E-state index is 0.292. The predicted molar refractivity (Wildman–Crippen MR) is 46.8 cm³/mol. The Morgan fingerprint density at radius 2 is 1.77 bits per heavy atom. The molecule has 0 aliphatic heterocycles. The molecule has 0 amide bonds. The van der Waals surface area contributed by atoms with Crippen molar-refractivity contribution in [3.05, 3.63) is 34.5 Å². The highest BCUT2D eigenvalue weighted by atomic mass is 32.1. The van der Waals surface area contributed by atoms with Crippen LogP contribution in [0.5, 0.6) is 0 Å². The molecule has 0 aliphatic carbocycles. The van der Waals surface area contributed by atoms with Crippen LogP contribution in [0.2, 0.25) is 0 Å². The molecule has 2 rings (SSSR count). The Morgan fingerprint density at radius 3 is 2.46 bits per heavy atom. The van der Waals surface area contributed by atoms with E-state index in [1.807, 2.05) is 0 Å². The molecule has 0 nitrogen and oxygen atoms in total. The van der Waals surface area contributed by atoms with E-state index in [0.29, 0.717) is 10.8 Å². The van der Waals surface area contributed by atoms with E-state index < -0.39 is 11.1 Å². The van der Waals surface area contributed by atoms with Gasteiger partial charge in [0, 0.05) is 5.39 Å². The van der Waals surface area contributed by atoms with Gasteiger partial charge in [0.1, 0.15) is 4.88 Å². The summed E-state index contributed by atoms with van der Waals surface area (Å²) in [6.07, 6.45) is -4.23. The number of fused-ring (bicyclic) bond motifs is 1. The molecule has 4 heteroatoms. The third-order valence-corrected chi connectivity index (χ3v) is 2.83. The molecule has 0 saturated heterocycles. The van der Waals surface area contributed by atoms with Gasteiger partial charge < -0.3 is 0 Å². The zero-order valence-corrected chi connectivity index (χ0v) is 7.25. The molecule has 13 heavy (non-hydrogen) atoms. The Balaban J connectivity index is 2.72. The summed E-state index contributed by atoms with van der Waals surface area (Å²) >= 11 is 0.745. The second kappa shape index (κ2) is 2.73. The van der Waals surface area contributed by atoms with Gasteiger partial charge in [0.25, 0.3) is 0 Å². The molecule has 0 N–H and O–H groups in total. The van der Waals surface area contributed by atoms with Crippen molar-refractivity contribution in [2.45, 2.75) is 6.18 Å².